The monoisotopic (exact) mass is 364 g/mol. The summed E-state index contributed by atoms with van der Waals surface area (Å²) in [6, 6.07) is 8.15. The van der Waals surface area contributed by atoms with E-state index in [9.17, 15) is 13.2 Å². The second kappa shape index (κ2) is 7.14. The number of carbonyl (C=O) groups is 1. The smallest absolute Gasteiger partial charge is 0.240 e. The molecule has 1 fully saturated rings. The summed E-state index contributed by atoms with van der Waals surface area (Å²) < 4.78 is 27.7. The third kappa shape index (κ3) is 3.75. The van der Waals surface area contributed by atoms with Gasteiger partial charge in [0.1, 0.15) is 0 Å². The number of benzene rings is 1. The first-order valence-corrected chi connectivity index (χ1v) is 10.3. The predicted molar refractivity (Wildman–Crippen MR) is 94.9 cm³/mol. The number of likely N-dealkylation sites (tertiary alicyclic amines) is 1. The molecular weight excluding hydrogens is 344 g/mol. The van der Waals surface area contributed by atoms with Gasteiger partial charge < -0.3 is 0 Å². The van der Waals surface area contributed by atoms with Crippen molar-refractivity contribution < 1.29 is 13.2 Å². The van der Waals surface area contributed by atoms with Crippen LogP contribution in [-0.2, 0) is 10.0 Å². The zero-order valence-electron chi connectivity index (χ0n) is 13.4. The minimum atomic E-state index is -3.59. The molecule has 3 rings (SSSR count). The van der Waals surface area contributed by atoms with Gasteiger partial charge in [-0.25, -0.2) is 13.1 Å². The van der Waals surface area contributed by atoms with Crippen LogP contribution in [0.2, 0.25) is 0 Å². The van der Waals surface area contributed by atoms with E-state index in [0.717, 1.165) is 25.1 Å². The number of sulfonamides is 1. The molecule has 128 valence electrons. The van der Waals surface area contributed by atoms with E-state index >= 15 is 0 Å². The molecule has 1 aromatic carbocycles. The normalized spacial score (nSPS) is 16.5. The number of nitrogens with zero attached hydrogens (tertiary/aromatic N) is 1. The third-order valence-corrected chi connectivity index (χ3v) is 6.44. The van der Waals surface area contributed by atoms with Crippen LogP contribution in [0.5, 0.6) is 0 Å². The number of Topliss-reactive ketones (excluding diaryl/α,β-unsaturated/α-hetero) is 1. The zero-order chi connectivity index (χ0) is 17.2. The average molecular weight is 364 g/mol. The van der Waals surface area contributed by atoms with E-state index in [1.54, 1.807) is 23.5 Å². The van der Waals surface area contributed by atoms with Crippen molar-refractivity contribution in [3.8, 4) is 0 Å². The molecule has 0 amide bonds. The lowest BCUT2D eigenvalue weighted by atomic mass is 10.1. The van der Waals surface area contributed by atoms with E-state index in [-0.39, 0.29) is 16.7 Å². The molecule has 2 heterocycles. The lowest BCUT2D eigenvalue weighted by molar-refractivity contribution is 0.101. The lowest BCUT2D eigenvalue weighted by Gasteiger charge is -2.38. The van der Waals surface area contributed by atoms with Gasteiger partial charge >= 0.3 is 0 Å². The SMILES string of the molecule is CC(=O)c1ccc(S(=O)(=O)NC[C@H](c2ccsc2)N2CCC2)cc1. The highest BCUT2D eigenvalue weighted by molar-refractivity contribution is 7.89. The summed E-state index contributed by atoms with van der Waals surface area (Å²) >= 11 is 1.62. The van der Waals surface area contributed by atoms with Crippen LogP contribution >= 0.6 is 11.3 Å². The number of carbonyl (C=O) groups excluding carboxylic acids is 1. The van der Waals surface area contributed by atoms with E-state index in [0.29, 0.717) is 12.1 Å². The largest absolute Gasteiger partial charge is 0.295 e. The van der Waals surface area contributed by atoms with Crippen molar-refractivity contribution in [2.24, 2.45) is 0 Å². The van der Waals surface area contributed by atoms with Crippen LogP contribution in [0.3, 0.4) is 0 Å². The minimum absolute atomic E-state index is 0.0660. The Kier molecular flexibility index (Phi) is 5.15. The topological polar surface area (TPSA) is 66.5 Å². The number of rotatable bonds is 7. The van der Waals surface area contributed by atoms with E-state index in [4.69, 9.17) is 0 Å². The Bertz CT molecular complexity index is 795. The van der Waals surface area contributed by atoms with Gasteiger partial charge in [0.2, 0.25) is 10.0 Å². The molecular formula is C17H20N2O3S2. The molecule has 0 aliphatic carbocycles. The highest BCUT2D eigenvalue weighted by Crippen LogP contribution is 2.27. The number of hydrogen-bond donors (Lipinski definition) is 1. The summed E-state index contributed by atoms with van der Waals surface area (Å²) in [6.45, 7) is 3.79. The zero-order valence-corrected chi connectivity index (χ0v) is 15.1. The molecule has 0 unspecified atom stereocenters. The predicted octanol–water partition coefficient (Wildman–Crippen LogP) is 2.68. The van der Waals surface area contributed by atoms with Crippen molar-refractivity contribution in [2.75, 3.05) is 19.6 Å². The van der Waals surface area contributed by atoms with Crippen molar-refractivity contribution in [2.45, 2.75) is 24.3 Å². The Labute approximate surface area is 146 Å². The Morgan fingerprint density at radius 3 is 2.46 bits per heavy atom. The van der Waals surface area contributed by atoms with E-state index in [2.05, 4.69) is 15.0 Å². The van der Waals surface area contributed by atoms with Crippen molar-refractivity contribution in [3.63, 3.8) is 0 Å². The van der Waals surface area contributed by atoms with Crippen LogP contribution < -0.4 is 4.72 Å². The molecule has 0 radical (unpaired) electrons. The maximum atomic E-state index is 12.5. The van der Waals surface area contributed by atoms with Gasteiger partial charge in [-0.3, -0.25) is 9.69 Å². The van der Waals surface area contributed by atoms with Crippen LogP contribution in [0.15, 0.2) is 46.0 Å². The summed E-state index contributed by atoms with van der Waals surface area (Å²) in [4.78, 5) is 13.8. The van der Waals surface area contributed by atoms with Gasteiger partial charge in [0.15, 0.2) is 5.78 Å². The summed E-state index contributed by atoms with van der Waals surface area (Å²) in [5, 5.41) is 4.08. The average Bonchev–Trinajstić information content (AvgIpc) is 3.03. The van der Waals surface area contributed by atoms with Crippen molar-refractivity contribution in [3.05, 3.63) is 52.2 Å². The van der Waals surface area contributed by atoms with E-state index in [1.807, 2.05) is 11.4 Å². The van der Waals surface area contributed by atoms with Gasteiger partial charge in [-0.1, -0.05) is 12.1 Å². The number of nitrogens with one attached hydrogen (secondary N) is 1. The quantitative estimate of drug-likeness (QED) is 0.767. The van der Waals surface area contributed by atoms with Gasteiger partial charge in [-0.15, -0.1) is 0 Å². The second-order valence-electron chi connectivity index (χ2n) is 5.89. The Morgan fingerprint density at radius 2 is 1.96 bits per heavy atom. The van der Waals surface area contributed by atoms with Gasteiger partial charge in [-0.2, -0.15) is 11.3 Å². The van der Waals surface area contributed by atoms with Crippen molar-refractivity contribution in [1.29, 1.82) is 0 Å². The standard InChI is InChI=1S/C17H20N2O3S2/c1-13(20)14-3-5-16(6-4-14)24(21,22)18-11-17(19-8-2-9-19)15-7-10-23-12-15/h3-7,10,12,17-18H,2,8-9,11H2,1H3/t17-/m1/s1. The van der Waals surface area contributed by atoms with E-state index in [1.165, 1.54) is 19.1 Å². The maximum Gasteiger partial charge on any atom is 0.240 e. The number of hydrogen-bond acceptors (Lipinski definition) is 5. The molecule has 1 aliphatic rings. The highest BCUT2D eigenvalue weighted by atomic mass is 32.2. The fourth-order valence-corrected chi connectivity index (χ4v) is 4.46. The molecule has 1 atom stereocenters. The summed E-state index contributed by atoms with van der Waals surface area (Å²) in [7, 11) is -3.59. The Balaban J connectivity index is 1.72. The van der Waals surface area contributed by atoms with Crippen LogP contribution in [-0.4, -0.2) is 38.7 Å². The van der Waals surface area contributed by atoms with Gasteiger partial charge in [0.05, 0.1) is 4.90 Å². The molecule has 0 spiro atoms. The van der Waals surface area contributed by atoms with Gasteiger partial charge in [0, 0.05) is 31.2 Å². The minimum Gasteiger partial charge on any atom is -0.295 e. The molecule has 2 aromatic rings. The fourth-order valence-electron chi connectivity index (χ4n) is 2.72. The van der Waals surface area contributed by atoms with Crippen LogP contribution in [0.4, 0.5) is 0 Å². The van der Waals surface area contributed by atoms with Gasteiger partial charge in [-0.05, 0) is 47.9 Å². The first-order valence-electron chi connectivity index (χ1n) is 7.84. The van der Waals surface area contributed by atoms with Crippen molar-refractivity contribution in [1.82, 2.24) is 9.62 Å². The molecule has 5 nitrogen and oxygen atoms in total. The molecule has 7 heteroatoms. The molecule has 1 N–H and O–H groups in total. The molecule has 0 saturated carbocycles. The molecule has 1 aromatic heterocycles. The molecule has 1 saturated heterocycles. The summed E-state index contributed by atoms with van der Waals surface area (Å²) in [5.74, 6) is -0.0813. The molecule has 0 bridgehead atoms. The van der Waals surface area contributed by atoms with E-state index < -0.39 is 10.0 Å². The lowest BCUT2D eigenvalue weighted by Crippen LogP contribution is -2.44. The maximum absolute atomic E-state index is 12.5. The Morgan fingerprint density at radius 1 is 1.25 bits per heavy atom. The first kappa shape index (κ1) is 17.3. The highest BCUT2D eigenvalue weighted by Gasteiger charge is 2.27. The molecule has 1 aliphatic heterocycles. The summed E-state index contributed by atoms with van der Waals surface area (Å²) in [6.07, 6.45) is 1.15. The molecule has 24 heavy (non-hydrogen) atoms. The van der Waals surface area contributed by atoms with Crippen LogP contribution in [0, 0.1) is 0 Å². The van der Waals surface area contributed by atoms with Crippen LogP contribution in [0.25, 0.3) is 0 Å². The summed E-state index contributed by atoms with van der Waals surface area (Å²) in [5.41, 5.74) is 1.65. The Hall–Kier alpha value is -1.54. The fraction of sp³-hybridized carbons (Fsp3) is 0.353. The van der Waals surface area contributed by atoms with Crippen molar-refractivity contribution >= 4 is 27.1 Å². The first-order chi connectivity index (χ1) is 11.5. The number of thiophene rings is 1. The number of ketones is 1. The third-order valence-electron chi connectivity index (χ3n) is 4.30. The second-order valence-corrected chi connectivity index (χ2v) is 8.44. The van der Waals surface area contributed by atoms with Crippen LogP contribution in [0.1, 0.15) is 35.3 Å². The van der Waals surface area contributed by atoms with Gasteiger partial charge in [0.25, 0.3) is 0 Å².